The van der Waals surface area contributed by atoms with Crippen LogP contribution < -0.4 is 10.6 Å². The van der Waals surface area contributed by atoms with Crippen molar-refractivity contribution >= 4 is 27.8 Å². The fourth-order valence-corrected chi connectivity index (χ4v) is 5.44. The molecule has 0 radical (unpaired) electrons. The molecule has 10 heteroatoms. The molecule has 1 aliphatic heterocycles. The van der Waals surface area contributed by atoms with Crippen molar-refractivity contribution < 1.29 is 8.78 Å². The van der Waals surface area contributed by atoms with Crippen LogP contribution >= 0.6 is 0 Å². The molecule has 0 aliphatic carbocycles. The molecule has 4 heterocycles. The molecule has 0 unspecified atom stereocenters. The minimum absolute atomic E-state index is 0.0664. The zero-order chi connectivity index (χ0) is 27.1. The molecule has 198 valence electrons. The van der Waals surface area contributed by atoms with Crippen LogP contribution in [0.4, 0.5) is 14.5 Å². The van der Waals surface area contributed by atoms with Gasteiger partial charge in [0.2, 0.25) is 0 Å². The topological polar surface area (TPSA) is 65.8 Å². The molecule has 38 heavy (non-hydrogen) atoms. The van der Waals surface area contributed by atoms with E-state index in [0.717, 1.165) is 47.7 Å². The van der Waals surface area contributed by atoms with E-state index < -0.39 is 6.43 Å². The normalized spacial score (nSPS) is 14.3. The number of hydrogen-bond acceptors (Lipinski definition) is 4. The summed E-state index contributed by atoms with van der Waals surface area (Å²) < 4.78 is 35.8. The molecular weight excluding hydrogens is 488 g/mol. The monoisotopic (exact) mass is 519 g/mol. The zero-order valence-corrected chi connectivity index (χ0v) is 22.5. The Balaban J connectivity index is 1.70. The molecule has 5 aromatic rings. The quantitative estimate of drug-likeness (QED) is 0.333. The highest BCUT2D eigenvalue weighted by Crippen LogP contribution is 2.39. The molecule has 0 spiro atoms. The zero-order valence-electron chi connectivity index (χ0n) is 22.5. The van der Waals surface area contributed by atoms with Gasteiger partial charge in [-0.3, -0.25) is 18.4 Å². The van der Waals surface area contributed by atoms with Gasteiger partial charge in [-0.1, -0.05) is 20.8 Å². The number of hydrogen-bond donors (Lipinski definition) is 0. The van der Waals surface area contributed by atoms with Crippen LogP contribution in [0.15, 0.2) is 41.5 Å². The maximum absolute atomic E-state index is 14.5. The van der Waals surface area contributed by atoms with Crippen molar-refractivity contribution in [1.29, 1.82) is 0 Å². The maximum Gasteiger partial charge on any atom is 0.328 e. The number of alkyl halides is 2. The Kier molecular flexibility index (Phi) is 5.31. The Morgan fingerprint density at radius 3 is 2.29 bits per heavy atom. The van der Waals surface area contributed by atoms with Crippen LogP contribution in [0.3, 0.4) is 0 Å². The summed E-state index contributed by atoms with van der Waals surface area (Å²) in [4.78, 5) is 20.1. The van der Waals surface area contributed by atoms with E-state index in [1.165, 1.54) is 0 Å². The molecule has 8 nitrogen and oxygen atoms in total. The number of benzene rings is 2. The van der Waals surface area contributed by atoms with E-state index in [1.807, 2.05) is 10.6 Å². The molecule has 1 fully saturated rings. The standard InChI is InChI=1S/C28H31F2N7O/c1-28(2,3)26-32-20-12-18(16-14-31-33(4)15-16)19(25(29)30)13-21(20)37(26)17-10-22-24(35(6)27(38)34(22)5)23(11-17)36-8-7-9-36/h10-15,25H,7-9H2,1-6H3. The lowest BCUT2D eigenvalue weighted by atomic mass is 9.95. The molecule has 0 saturated carbocycles. The first-order valence-corrected chi connectivity index (χ1v) is 12.7. The molecule has 6 rings (SSSR count). The van der Waals surface area contributed by atoms with Gasteiger partial charge in [0.15, 0.2) is 0 Å². The van der Waals surface area contributed by atoms with Gasteiger partial charge < -0.3 is 4.90 Å². The van der Waals surface area contributed by atoms with Gasteiger partial charge in [0, 0.05) is 57.0 Å². The number of anilines is 1. The lowest BCUT2D eigenvalue weighted by molar-refractivity contribution is 0.152. The third kappa shape index (κ3) is 3.57. The number of nitrogens with zero attached hydrogens (tertiary/aromatic N) is 7. The van der Waals surface area contributed by atoms with Gasteiger partial charge in [-0.2, -0.15) is 5.10 Å². The van der Waals surface area contributed by atoms with Crippen LogP contribution in [0.5, 0.6) is 0 Å². The van der Waals surface area contributed by atoms with Crippen molar-refractivity contribution in [2.45, 2.75) is 39.0 Å². The van der Waals surface area contributed by atoms with E-state index >= 15 is 0 Å². The molecule has 0 atom stereocenters. The van der Waals surface area contributed by atoms with E-state index in [0.29, 0.717) is 22.2 Å². The summed E-state index contributed by atoms with van der Waals surface area (Å²) in [6.45, 7) is 8.00. The molecule has 1 aliphatic rings. The molecular formula is C28H31F2N7O. The molecule has 3 aromatic heterocycles. The minimum atomic E-state index is -2.68. The van der Waals surface area contributed by atoms with Crippen molar-refractivity contribution in [3.63, 3.8) is 0 Å². The Morgan fingerprint density at radius 2 is 1.71 bits per heavy atom. The second-order valence-electron chi connectivity index (χ2n) is 11.2. The van der Waals surface area contributed by atoms with Gasteiger partial charge in [0.05, 0.1) is 39.6 Å². The van der Waals surface area contributed by atoms with Gasteiger partial charge in [-0.25, -0.2) is 18.6 Å². The summed E-state index contributed by atoms with van der Waals surface area (Å²) in [5, 5.41) is 4.18. The number of imidazole rings is 2. The minimum Gasteiger partial charge on any atom is -0.370 e. The van der Waals surface area contributed by atoms with E-state index in [-0.39, 0.29) is 16.7 Å². The number of aromatic nitrogens is 6. The number of aryl methyl sites for hydroxylation is 3. The number of halogens is 2. The third-order valence-corrected chi connectivity index (χ3v) is 7.53. The van der Waals surface area contributed by atoms with Crippen LogP contribution in [0.2, 0.25) is 0 Å². The Hall–Kier alpha value is -3.95. The molecule has 0 amide bonds. The second kappa shape index (κ2) is 8.28. The number of fused-ring (bicyclic) bond motifs is 2. The van der Waals surface area contributed by atoms with Gasteiger partial charge >= 0.3 is 5.69 Å². The third-order valence-electron chi connectivity index (χ3n) is 7.53. The largest absolute Gasteiger partial charge is 0.370 e. The average molecular weight is 520 g/mol. The van der Waals surface area contributed by atoms with Crippen LogP contribution in [0.1, 0.15) is 45.0 Å². The first kappa shape index (κ1) is 24.4. The molecule has 1 saturated heterocycles. The summed E-state index contributed by atoms with van der Waals surface area (Å²) in [6.07, 6.45) is 1.74. The maximum atomic E-state index is 14.5. The fourth-order valence-electron chi connectivity index (χ4n) is 5.44. The van der Waals surface area contributed by atoms with Crippen molar-refractivity contribution in [3.05, 3.63) is 58.5 Å². The van der Waals surface area contributed by atoms with Crippen LogP contribution in [0.25, 0.3) is 38.9 Å². The highest BCUT2D eigenvalue weighted by molar-refractivity contribution is 5.94. The first-order valence-electron chi connectivity index (χ1n) is 12.7. The molecule has 0 N–H and O–H groups in total. The lowest BCUT2D eigenvalue weighted by Crippen LogP contribution is -2.37. The predicted octanol–water partition coefficient (Wildman–Crippen LogP) is 5.06. The molecule has 0 bridgehead atoms. The summed E-state index contributed by atoms with van der Waals surface area (Å²) in [6, 6.07) is 7.33. The summed E-state index contributed by atoms with van der Waals surface area (Å²) >= 11 is 0. The van der Waals surface area contributed by atoms with E-state index in [4.69, 9.17) is 4.98 Å². The summed E-state index contributed by atoms with van der Waals surface area (Å²) in [7, 11) is 5.31. The van der Waals surface area contributed by atoms with Gasteiger partial charge in [-0.05, 0) is 36.2 Å². The van der Waals surface area contributed by atoms with E-state index in [9.17, 15) is 13.6 Å². The average Bonchev–Trinajstić information content (AvgIpc) is 3.48. The van der Waals surface area contributed by atoms with Crippen LogP contribution in [-0.2, 0) is 26.6 Å². The first-order chi connectivity index (χ1) is 18.0. The Labute approximate surface area is 218 Å². The summed E-state index contributed by atoms with van der Waals surface area (Å²) in [5.41, 5.74) is 5.15. The Morgan fingerprint density at radius 1 is 0.974 bits per heavy atom. The SMILES string of the molecule is Cn1cc(-c2cc3nc(C(C)(C)C)n(-c4cc(N5CCC5)c5c(c4)n(C)c(=O)n5C)c3cc2C(F)F)cn1. The fraction of sp³-hybridized carbons (Fsp3) is 0.393. The van der Waals surface area contributed by atoms with Crippen molar-refractivity contribution in [1.82, 2.24) is 28.5 Å². The van der Waals surface area contributed by atoms with Crippen molar-refractivity contribution in [2.24, 2.45) is 21.1 Å². The highest BCUT2D eigenvalue weighted by atomic mass is 19.3. The van der Waals surface area contributed by atoms with Crippen molar-refractivity contribution in [2.75, 3.05) is 18.0 Å². The highest BCUT2D eigenvalue weighted by Gasteiger charge is 2.29. The van der Waals surface area contributed by atoms with Crippen LogP contribution in [0, 0.1) is 0 Å². The number of rotatable bonds is 4. The van der Waals surface area contributed by atoms with Gasteiger partial charge in [0.1, 0.15) is 5.82 Å². The Bertz CT molecular complexity index is 1780. The van der Waals surface area contributed by atoms with E-state index in [2.05, 4.69) is 36.8 Å². The van der Waals surface area contributed by atoms with Crippen LogP contribution in [-0.4, -0.2) is 41.6 Å². The predicted molar refractivity (Wildman–Crippen MR) is 145 cm³/mol. The lowest BCUT2D eigenvalue weighted by Gasteiger charge is -2.34. The molecule has 2 aromatic carbocycles. The second-order valence-corrected chi connectivity index (χ2v) is 11.2. The summed E-state index contributed by atoms with van der Waals surface area (Å²) in [5.74, 6) is 0.755. The van der Waals surface area contributed by atoms with Gasteiger partial charge in [0.25, 0.3) is 6.43 Å². The van der Waals surface area contributed by atoms with Gasteiger partial charge in [-0.15, -0.1) is 0 Å². The van der Waals surface area contributed by atoms with E-state index in [1.54, 1.807) is 59.5 Å². The smallest absolute Gasteiger partial charge is 0.328 e. The van der Waals surface area contributed by atoms with Crippen molar-refractivity contribution in [3.8, 4) is 16.8 Å².